The van der Waals surface area contributed by atoms with Gasteiger partial charge in [0.05, 0.1) is 0 Å². The Kier molecular flexibility index (Phi) is 2.28. The van der Waals surface area contributed by atoms with E-state index in [-0.39, 0.29) is 5.60 Å². The van der Waals surface area contributed by atoms with E-state index in [1.165, 1.54) is 19.3 Å². The zero-order valence-electron chi connectivity index (χ0n) is 7.38. The van der Waals surface area contributed by atoms with Crippen molar-refractivity contribution in [2.75, 3.05) is 0 Å². The number of carbonyl (C=O) groups is 1. The lowest BCUT2D eigenvalue weighted by atomic mass is 9.82. The van der Waals surface area contributed by atoms with Crippen LogP contribution in [0.2, 0.25) is 0 Å². The normalized spacial score (nSPS) is 25.5. The molecule has 0 atom stereocenters. The molecule has 13 heavy (non-hydrogen) atoms. The maximum Gasteiger partial charge on any atom is 0.270 e. The summed E-state index contributed by atoms with van der Waals surface area (Å²) in [5.74, 6) is 0. The third-order valence-corrected chi connectivity index (χ3v) is 3.05. The van der Waals surface area contributed by atoms with E-state index in [0.29, 0.717) is 12.1 Å². The molecule has 4 heteroatoms. The van der Waals surface area contributed by atoms with E-state index in [1.54, 1.807) is 0 Å². The molecule has 1 aliphatic carbocycles. The summed E-state index contributed by atoms with van der Waals surface area (Å²) in [7, 11) is 0. The highest BCUT2D eigenvalue weighted by molar-refractivity contribution is 6.82. The first kappa shape index (κ1) is 9.00. The second kappa shape index (κ2) is 3.29. The molecule has 3 nitrogen and oxygen atoms in total. The smallest absolute Gasteiger partial charge is 0.270 e. The zero-order chi connectivity index (χ0) is 9.31. The Balaban J connectivity index is 2.02. The van der Waals surface area contributed by atoms with Gasteiger partial charge < -0.3 is 4.84 Å². The highest BCUT2D eigenvalue weighted by Gasteiger charge is 2.41. The van der Waals surface area contributed by atoms with Gasteiger partial charge in [0, 0.05) is 6.42 Å². The fourth-order valence-electron chi connectivity index (χ4n) is 2.09. The minimum Gasteiger partial charge on any atom is -0.388 e. The van der Waals surface area contributed by atoms with E-state index in [9.17, 15) is 4.79 Å². The molecule has 0 aromatic rings. The van der Waals surface area contributed by atoms with Crippen LogP contribution in [0.3, 0.4) is 0 Å². The molecule has 2 aliphatic rings. The van der Waals surface area contributed by atoms with Crippen LogP contribution in [-0.2, 0) is 9.63 Å². The van der Waals surface area contributed by atoms with Gasteiger partial charge in [-0.2, -0.15) is 0 Å². The summed E-state index contributed by atoms with van der Waals surface area (Å²) < 4.78 is 0. The number of rotatable bonds is 1. The Labute approximate surface area is 82.1 Å². The van der Waals surface area contributed by atoms with Gasteiger partial charge in [0.15, 0.2) is 0 Å². The number of nitrogens with zero attached hydrogens (tertiary/aromatic N) is 1. The highest BCUT2D eigenvalue weighted by Crippen LogP contribution is 2.38. The molecule has 1 spiro atoms. The summed E-state index contributed by atoms with van der Waals surface area (Å²) in [6, 6.07) is 0. The van der Waals surface area contributed by atoms with Gasteiger partial charge in [0.1, 0.15) is 11.3 Å². The molecular weight excluding hydrogens is 190 g/mol. The SMILES string of the molecule is O=C(Cl)C1=NOC2(CCCCC2)C1. The van der Waals surface area contributed by atoms with E-state index in [0.717, 1.165) is 12.8 Å². The van der Waals surface area contributed by atoms with E-state index in [4.69, 9.17) is 16.4 Å². The summed E-state index contributed by atoms with van der Waals surface area (Å²) in [4.78, 5) is 16.2. The molecule has 1 saturated carbocycles. The molecule has 1 fully saturated rings. The average Bonchev–Trinajstić information content (AvgIpc) is 2.51. The second-order valence-electron chi connectivity index (χ2n) is 3.82. The zero-order valence-corrected chi connectivity index (χ0v) is 8.14. The third-order valence-electron chi connectivity index (χ3n) is 2.83. The molecule has 0 amide bonds. The Morgan fingerprint density at radius 3 is 2.62 bits per heavy atom. The maximum atomic E-state index is 10.8. The number of hydrogen-bond donors (Lipinski definition) is 0. The highest BCUT2D eigenvalue weighted by atomic mass is 35.5. The standard InChI is InChI=1S/C9H12ClNO2/c10-8(12)7-6-9(13-11-7)4-2-1-3-5-9/h1-6H2. The second-order valence-corrected chi connectivity index (χ2v) is 4.17. The Morgan fingerprint density at radius 1 is 1.38 bits per heavy atom. The maximum absolute atomic E-state index is 10.8. The first-order valence-corrected chi connectivity index (χ1v) is 5.05. The van der Waals surface area contributed by atoms with Crippen LogP contribution in [0.1, 0.15) is 38.5 Å². The van der Waals surface area contributed by atoms with Crippen LogP contribution in [0, 0.1) is 0 Å². The van der Waals surface area contributed by atoms with Gasteiger partial charge in [-0.1, -0.05) is 11.6 Å². The molecule has 0 aromatic heterocycles. The van der Waals surface area contributed by atoms with Crippen LogP contribution in [-0.4, -0.2) is 16.6 Å². The third kappa shape index (κ3) is 1.70. The lowest BCUT2D eigenvalue weighted by Crippen LogP contribution is -2.32. The van der Waals surface area contributed by atoms with Gasteiger partial charge in [0.2, 0.25) is 0 Å². The number of hydrogen-bond acceptors (Lipinski definition) is 3. The molecule has 0 saturated heterocycles. The molecule has 1 aliphatic heterocycles. The van der Waals surface area contributed by atoms with Crippen molar-refractivity contribution in [3.8, 4) is 0 Å². The molecule has 0 N–H and O–H groups in total. The average molecular weight is 202 g/mol. The van der Waals surface area contributed by atoms with Crippen LogP contribution >= 0.6 is 11.6 Å². The summed E-state index contributed by atoms with van der Waals surface area (Å²) in [6.45, 7) is 0. The summed E-state index contributed by atoms with van der Waals surface area (Å²) >= 11 is 5.34. The van der Waals surface area contributed by atoms with Gasteiger partial charge in [-0.15, -0.1) is 0 Å². The summed E-state index contributed by atoms with van der Waals surface area (Å²) in [6.07, 6.45) is 6.21. The lowest BCUT2D eigenvalue weighted by molar-refractivity contribution is -0.106. The van der Waals surface area contributed by atoms with Gasteiger partial charge >= 0.3 is 0 Å². The van der Waals surface area contributed by atoms with Crippen molar-refractivity contribution in [3.63, 3.8) is 0 Å². The first-order valence-electron chi connectivity index (χ1n) is 4.67. The lowest BCUT2D eigenvalue weighted by Gasteiger charge is -2.30. The molecule has 0 aromatic carbocycles. The van der Waals surface area contributed by atoms with Crippen LogP contribution in [0.4, 0.5) is 0 Å². The topological polar surface area (TPSA) is 38.7 Å². The number of carbonyl (C=O) groups excluding carboxylic acids is 1. The van der Waals surface area contributed by atoms with Gasteiger partial charge in [-0.3, -0.25) is 4.79 Å². The van der Waals surface area contributed by atoms with Gasteiger partial charge in [-0.05, 0) is 37.3 Å². The molecule has 0 bridgehead atoms. The van der Waals surface area contributed by atoms with E-state index < -0.39 is 5.24 Å². The number of halogens is 1. The van der Waals surface area contributed by atoms with Crippen LogP contribution in [0.5, 0.6) is 0 Å². The predicted molar refractivity (Wildman–Crippen MR) is 49.8 cm³/mol. The number of oxime groups is 1. The minimum absolute atomic E-state index is 0.182. The van der Waals surface area contributed by atoms with Crippen molar-refractivity contribution in [1.29, 1.82) is 0 Å². The molecule has 2 rings (SSSR count). The van der Waals surface area contributed by atoms with E-state index in [1.807, 2.05) is 0 Å². The Hall–Kier alpha value is -0.570. The van der Waals surface area contributed by atoms with E-state index in [2.05, 4.69) is 5.16 Å². The van der Waals surface area contributed by atoms with Crippen molar-refractivity contribution in [3.05, 3.63) is 0 Å². The molecular formula is C9H12ClNO2. The van der Waals surface area contributed by atoms with Gasteiger partial charge in [0.25, 0.3) is 5.24 Å². The van der Waals surface area contributed by atoms with Crippen molar-refractivity contribution in [2.45, 2.75) is 44.1 Å². The quantitative estimate of drug-likeness (QED) is 0.611. The fourth-order valence-corrected chi connectivity index (χ4v) is 2.19. The predicted octanol–water partition coefficient (Wildman–Crippen LogP) is 2.23. The largest absolute Gasteiger partial charge is 0.388 e. The summed E-state index contributed by atoms with van der Waals surface area (Å²) in [5, 5.41) is 3.28. The van der Waals surface area contributed by atoms with Crippen LogP contribution in [0.25, 0.3) is 0 Å². The minimum atomic E-state index is -0.470. The molecule has 1 heterocycles. The van der Waals surface area contributed by atoms with Gasteiger partial charge in [-0.25, -0.2) is 0 Å². The first-order chi connectivity index (χ1) is 6.22. The van der Waals surface area contributed by atoms with Crippen molar-refractivity contribution in [1.82, 2.24) is 0 Å². The Morgan fingerprint density at radius 2 is 2.08 bits per heavy atom. The van der Waals surface area contributed by atoms with Crippen molar-refractivity contribution in [2.24, 2.45) is 5.16 Å². The Bertz CT molecular complexity index is 256. The summed E-state index contributed by atoms with van der Waals surface area (Å²) in [5.41, 5.74) is 0.210. The van der Waals surface area contributed by atoms with Crippen LogP contribution < -0.4 is 0 Å². The molecule has 0 radical (unpaired) electrons. The monoisotopic (exact) mass is 201 g/mol. The van der Waals surface area contributed by atoms with E-state index >= 15 is 0 Å². The molecule has 0 unspecified atom stereocenters. The molecule has 72 valence electrons. The van der Waals surface area contributed by atoms with Crippen LogP contribution in [0.15, 0.2) is 5.16 Å². The van der Waals surface area contributed by atoms with Crippen molar-refractivity contribution < 1.29 is 9.63 Å². The fraction of sp³-hybridized carbons (Fsp3) is 0.778. The van der Waals surface area contributed by atoms with Crippen molar-refractivity contribution >= 4 is 22.6 Å².